The van der Waals surface area contributed by atoms with E-state index >= 15 is 0 Å². The van der Waals surface area contributed by atoms with Crippen LogP contribution in [0, 0.1) is 11.3 Å². The van der Waals surface area contributed by atoms with Crippen LogP contribution < -0.4 is 15.8 Å². The molecule has 10 heteroatoms. The number of anilines is 2. The van der Waals surface area contributed by atoms with E-state index in [4.69, 9.17) is 10.5 Å². The van der Waals surface area contributed by atoms with Crippen molar-refractivity contribution in [2.45, 2.75) is 12.6 Å². The molecule has 0 aliphatic carbocycles. The summed E-state index contributed by atoms with van der Waals surface area (Å²) in [6.07, 6.45) is -3.94. The first-order valence-corrected chi connectivity index (χ1v) is 11.0. The molecule has 3 rings (SSSR count). The lowest BCUT2D eigenvalue weighted by Gasteiger charge is -2.26. The second-order valence-electron chi connectivity index (χ2n) is 7.04. The summed E-state index contributed by atoms with van der Waals surface area (Å²) in [5.74, 6) is 1.96. The Morgan fingerprint density at radius 3 is 2.68 bits per heavy atom. The third kappa shape index (κ3) is 5.74. The van der Waals surface area contributed by atoms with Gasteiger partial charge in [-0.15, -0.1) is 0 Å². The number of ether oxygens (including phenoxy) is 1. The van der Waals surface area contributed by atoms with Crippen LogP contribution in [0.5, 0.6) is 5.75 Å². The van der Waals surface area contributed by atoms with Crippen LogP contribution in [0.3, 0.4) is 0 Å². The Balaban J connectivity index is 1.80. The van der Waals surface area contributed by atoms with E-state index in [-0.39, 0.29) is 35.0 Å². The number of aromatic nitrogens is 1. The monoisotopic (exact) mass is 451 g/mol. The van der Waals surface area contributed by atoms with Crippen molar-refractivity contribution in [2.75, 3.05) is 55.8 Å². The predicted molar refractivity (Wildman–Crippen MR) is 117 cm³/mol. The second kappa shape index (κ2) is 10.1. The van der Waals surface area contributed by atoms with Gasteiger partial charge in [0.15, 0.2) is 5.69 Å². The van der Waals surface area contributed by atoms with Gasteiger partial charge in [0, 0.05) is 43.8 Å². The van der Waals surface area contributed by atoms with Crippen molar-refractivity contribution < 1.29 is 17.9 Å². The van der Waals surface area contributed by atoms with Gasteiger partial charge in [0.05, 0.1) is 29.2 Å². The molecular formula is C21H24F3N5OS. The van der Waals surface area contributed by atoms with Crippen molar-refractivity contribution in [1.29, 1.82) is 5.26 Å². The number of thioether (sulfide) groups is 1. The van der Waals surface area contributed by atoms with Crippen molar-refractivity contribution in [3.8, 4) is 23.1 Å². The Bertz CT molecular complexity index is 955. The van der Waals surface area contributed by atoms with E-state index in [2.05, 4.69) is 15.2 Å². The van der Waals surface area contributed by atoms with E-state index in [1.54, 1.807) is 7.05 Å². The summed E-state index contributed by atoms with van der Waals surface area (Å²) >= 11 is 1.91. The van der Waals surface area contributed by atoms with E-state index < -0.39 is 11.7 Å². The molecule has 3 N–H and O–H groups in total. The van der Waals surface area contributed by atoms with Crippen LogP contribution in [0.1, 0.15) is 17.7 Å². The SMILES string of the molecule is CNc1cc(-c2ccc(OCCCN3CCSCC3)c(C(F)(F)F)c2)nc(C#N)c1N. The number of nitrogens with one attached hydrogen (secondary N) is 1. The largest absolute Gasteiger partial charge is 0.493 e. The summed E-state index contributed by atoms with van der Waals surface area (Å²) in [4.78, 5) is 6.41. The van der Waals surface area contributed by atoms with E-state index in [1.807, 2.05) is 17.8 Å². The van der Waals surface area contributed by atoms with Gasteiger partial charge in [-0.3, -0.25) is 0 Å². The molecule has 1 aliphatic heterocycles. The molecule has 0 unspecified atom stereocenters. The Kier molecular flexibility index (Phi) is 7.51. The van der Waals surface area contributed by atoms with Gasteiger partial charge in [0.1, 0.15) is 11.8 Å². The third-order valence-electron chi connectivity index (χ3n) is 4.99. The summed E-state index contributed by atoms with van der Waals surface area (Å²) in [6.45, 7) is 3.01. The van der Waals surface area contributed by atoms with E-state index in [0.717, 1.165) is 37.2 Å². The van der Waals surface area contributed by atoms with Crippen LogP contribution in [0.4, 0.5) is 24.5 Å². The quantitative estimate of drug-likeness (QED) is 0.614. The highest BCUT2D eigenvalue weighted by Crippen LogP contribution is 2.39. The summed E-state index contributed by atoms with van der Waals surface area (Å²) in [5.41, 5.74) is 5.93. The fourth-order valence-electron chi connectivity index (χ4n) is 3.33. The molecule has 2 heterocycles. The van der Waals surface area contributed by atoms with Crippen molar-refractivity contribution in [3.63, 3.8) is 0 Å². The van der Waals surface area contributed by atoms with Crippen molar-refractivity contribution in [1.82, 2.24) is 9.88 Å². The van der Waals surface area contributed by atoms with Crippen molar-refractivity contribution in [2.24, 2.45) is 0 Å². The molecular weight excluding hydrogens is 427 g/mol. The van der Waals surface area contributed by atoms with Crippen molar-refractivity contribution >= 4 is 23.1 Å². The minimum Gasteiger partial charge on any atom is -0.493 e. The van der Waals surface area contributed by atoms with Crippen LogP contribution in [-0.2, 0) is 6.18 Å². The lowest BCUT2D eigenvalue weighted by molar-refractivity contribution is -0.138. The number of nitriles is 1. The molecule has 1 aliphatic rings. The summed E-state index contributed by atoms with van der Waals surface area (Å²) in [6, 6.07) is 7.19. The molecule has 6 nitrogen and oxygen atoms in total. The lowest BCUT2D eigenvalue weighted by atomic mass is 10.0. The lowest BCUT2D eigenvalue weighted by Crippen LogP contribution is -2.33. The molecule has 166 valence electrons. The first kappa shape index (κ1) is 23.0. The number of hydrogen-bond acceptors (Lipinski definition) is 7. The normalized spacial score (nSPS) is 14.8. The van der Waals surface area contributed by atoms with E-state index in [9.17, 15) is 18.4 Å². The fraction of sp³-hybridized carbons (Fsp3) is 0.429. The summed E-state index contributed by atoms with van der Waals surface area (Å²) < 4.78 is 46.6. The minimum absolute atomic E-state index is 0.0492. The first-order chi connectivity index (χ1) is 14.8. The Labute approximate surface area is 183 Å². The number of halogens is 3. The number of benzene rings is 1. The Hall–Kier alpha value is -2.64. The zero-order chi connectivity index (χ0) is 22.4. The number of hydrogen-bond donors (Lipinski definition) is 2. The van der Waals surface area contributed by atoms with Crippen LogP contribution in [0.2, 0.25) is 0 Å². The predicted octanol–water partition coefficient (Wildman–Crippen LogP) is 4.08. The molecule has 31 heavy (non-hydrogen) atoms. The summed E-state index contributed by atoms with van der Waals surface area (Å²) in [7, 11) is 1.61. The van der Waals surface area contributed by atoms with Gasteiger partial charge < -0.3 is 20.7 Å². The topological polar surface area (TPSA) is 87.2 Å². The molecule has 0 spiro atoms. The maximum atomic E-state index is 13.7. The van der Waals surface area contributed by atoms with Crippen molar-refractivity contribution in [3.05, 3.63) is 35.5 Å². The zero-order valence-corrected chi connectivity index (χ0v) is 17.9. The van der Waals surface area contributed by atoms with Crippen LogP contribution in [0.25, 0.3) is 11.3 Å². The summed E-state index contributed by atoms with van der Waals surface area (Å²) in [5, 5.41) is 12.1. The highest BCUT2D eigenvalue weighted by molar-refractivity contribution is 7.99. The highest BCUT2D eigenvalue weighted by Gasteiger charge is 2.35. The van der Waals surface area contributed by atoms with Crippen LogP contribution in [-0.4, -0.2) is 54.7 Å². The minimum atomic E-state index is -4.59. The molecule has 0 saturated carbocycles. The van der Waals surface area contributed by atoms with Gasteiger partial charge in [0.25, 0.3) is 0 Å². The number of nitrogen functional groups attached to an aromatic ring is 1. The molecule has 0 atom stereocenters. The fourth-order valence-corrected chi connectivity index (χ4v) is 4.31. The molecule has 0 radical (unpaired) electrons. The van der Waals surface area contributed by atoms with Gasteiger partial charge in [0.2, 0.25) is 0 Å². The average Bonchev–Trinajstić information content (AvgIpc) is 2.77. The zero-order valence-electron chi connectivity index (χ0n) is 17.1. The maximum absolute atomic E-state index is 13.7. The molecule has 1 aromatic heterocycles. The standard InChI is InChI=1S/C21H24F3N5OS/c1-27-17-12-16(28-18(13-25)20(17)26)14-3-4-19(15(11-14)21(22,23)24)30-8-2-5-29-6-9-31-10-7-29/h3-4,11-12H,2,5-10,26H2,1H3,(H,27,28). The number of nitrogens with zero attached hydrogens (tertiary/aromatic N) is 3. The van der Waals surface area contributed by atoms with Gasteiger partial charge >= 0.3 is 6.18 Å². The molecule has 1 fully saturated rings. The van der Waals surface area contributed by atoms with Gasteiger partial charge in [-0.2, -0.15) is 30.2 Å². The Morgan fingerprint density at radius 2 is 2.03 bits per heavy atom. The second-order valence-corrected chi connectivity index (χ2v) is 8.27. The first-order valence-electron chi connectivity index (χ1n) is 9.86. The molecule has 1 saturated heterocycles. The molecule has 0 amide bonds. The van der Waals surface area contributed by atoms with Crippen LogP contribution >= 0.6 is 11.8 Å². The maximum Gasteiger partial charge on any atom is 0.419 e. The molecule has 1 aromatic carbocycles. The molecule has 2 aromatic rings. The molecule has 0 bridgehead atoms. The third-order valence-corrected chi connectivity index (χ3v) is 5.94. The number of alkyl halides is 3. The number of nitrogens with two attached hydrogens (primary N) is 1. The van der Waals surface area contributed by atoms with E-state index in [1.165, 1.54) is 18.2 Å². The van der Waals surface area contributed by atoms with Gasteiger partial charge in [-0.25, -0.2) is 4.98 Å². The van der Waals surface area contributed by atoms with Gasteiger partial charge in [-0.05, 0) is 30.7 Å². The smallest absolute Gasteiger partial charge is 0.419 e. The Morgan fingerprint density at radius 1 is 1.29 bits per heavy atom. The highest BCUT2D eigenvalue weighted by atomic mass is 32.2. The number of pyridine rings is 1. The van der Waals surface area contributed by atoms with Crippen LogP contribution in [0.15, 0.2) is 24.3 Å². The van der Waals surface area contributed by atoms with E-state index in [0.29, 0.717) is 12.1 Å². The number of rotatable bonds is 7. The average molecular weight is 452 g/mol. The van der Waals surface area contributed by atoms with Gasteiger partial charge in [-0.1, -0.05) is 0 Å².